The topological polar surface area (TPSA) is 34.2 Å². The van der Waals surface area contributed by atoms with Crippen molar-refractivity contribution >= 4 is 22.6 Å². The third-order valence-electron chi connectivity index (χ3n) is 2.76. The third kappa shape index (κ3) is 4.76. The minimum atomic E-state index is 0.636. The highest BCUT2D eigenvalue weighted by Gasteiger charge is 2.05. The molecule has 1 N–H and O–H groups in total. The number of benzene rings is 1. The van der Waals surface area contributed by atoms with Gasteiger partial charge in [0.25, 0.3) is 0 Å². The second-order valence-corrected chi connectivity index (χ2v) is 6.31. The molecule has 0 aliphatic heterocycles. The van der Waals surface area contributed by atoms with Crippen molar-refractivity contribution in [3.8, 4) is 11.5 Å². The maximum absolute atomic E-state index is 5.94. The van der Waals surface area contributed by atoms with E-state index in [0.29, 0.717) is 5.92 Å². The van der Waals surface area contributed by atoms with Crippen molar-refractivity contribution in [1.82, 2.24) is 10.3 Å². The molecule has 1 aromatic carbocycles. The second kappa shape index (κ2) is 7.59. The first-order chi connectivity index (χ1) is 9.65. The van der Waals surface area contributed by atoms with Crippen LogP contribution in [0, 0.1) is 9.49 Å². The number of pyridine rings is 1. The Morgan fingerprint density at radius 2 is 2.15 bits per heavy atom. The van der Waals surface area contributed by atoms with Crippen LogP contribution in [-0.4, -0.2) is 11.5 Å². The van der Waals surface area contributed by atoms with Gasteiger partial charge in [0.1, 0.15) is 11.5 Å². The molecule has 1 aromatic heterocycles. The van der Waals surface area contributed by atoms with E-state index < -0.39 is 0 Å². The molecule has 0 saturated heterocycles. The van der Waals surface area contributed by atoms with Crippen LogP contribution in [0.1, 0.15) is 19.4 Å². The summed E-state index contributed by atoms with van der Waals surface area (Å²) in [6.45, 7) is 6.18. The number of nitrogens with zero attached hydrogens (tertiary/aromatic N) is 1. The summed E-state index contributed by atoms with van der Waals surface area (Å²) in [5, 5.41) is 3.43. The van der Waals surface area contributed by atoms with Gasteiger partial charge < -0.3 is 10.1 Å². The van der Waals surface area contributed by atoms with Gasteiger partial charge in [0.15, 0.2) is 0 Å². The fourth-order valence-electron chi connectivity index (χ4n) is 1.80. The third-order valence-corrected chi connectivity index (χ3v) is 3.43. The Labute approximate surface area is 133 Å². The molecule has 0 amide bonds. The first kappa shape index (κ1) is 15.3. The predicted molar refractivity (Wildman–Crippen MR) is 90.0 cm³/mol. The monoisotopic (exact) mass is 382 g/mol. The van der Waals surface area contributed by atoms with E-state index in [1.54, 1.807) is 12.4 Å². The van der Waals surface area contributed by atoms with Gasteiger partial charge in [0, 0.05) is 21.9 Å². The smallest absolute Gasteiger partial charge is 0.150 e. The molecule has 0 bridgehead atoms. The Hall–Kier alpha value is -1.14. The van der Waals surface area contributed by atoms with Crippen LogP contribution in [0.25, 0.3) is 0 Å². The van der Waals surface area contributed by atoms with Crippen molar-refractivity contribution < 1.29 is 4.74 Å². The summed E-state index contributed by atoms with van der Waals surface area (Å²) in [5.74, 6) is 2.29. The zero-order valence-corrected chi connectivity index (χ0v) is 13.9. The fraction of sp³-hybridized carbons (Fsp3) is 0.312. The van der Waals surface area contributed by atoms with E-state index in [0.717, 1.165) is 33.7 Å². The summed E-state index contributed by atoms with van der Waals surface area (Å²) >= 11 is 2.28. The Morgan fingerprint density at radius 1 is 1.30 bits per heavy atom. The first-order valence-electron chi connectivity index (χ1n) is 6.72. The van der Waals surface area contributed by atoms with Crippen molar-refractivity contribution in [2.24, 2.45) is 5.92 Å². The average molecular weight is 382 g/mol. The van der Waals surface area contributed by atoms with E-state index in [-0.39, 0.29) is 0 Å². The maximum atomic E-state index is 5.94. The molecule has 0 radical (unpaired) electrons. The molecule has 3 nitrogen and oxygen atoms in total. The molecule has 20 heavy (non-hydrogen) atoms. The molecule has 0 aliphatic carbocycles. The molecule has 0 unspecified atom stereocenters. The molecule has 106 valence electrons. The lowest BCUT2D eigenvalue weighted by Crippen LogP contribution is -2.19. The lowest BCUT2D eigenvalue weighted by Gasteiger charge is -2.12. The van der Waals surface area contributed by atoms with Crippen LogP contribution in [0.4, 0.5) is 0 Å². The average Bonchev–Trinajstić information content (AvgIpc) is 2.40. The zero-order valence-electron chi connectivity index (χ0n) is 11.8. The normalized spacial score (nSPS) is 10.8. The highest BCUT2D eigenvalue weighted by molar-refractivity contribution is 14.1. The summed E-state index contributed by atoms with van der Waals surface area (Å²) in [6.07, 6.45) is 3.57. The van der Waals surface area contributed by atoms with Gasteiger partial charge in [-0.1, -0.05) is 19.9 Å². The van der Waals surface area contributed by atoms with Crippen LogP contribution in [0.15, 0.2) is 42.7 Å². The standard InChI is InChI=1S/C16H19IN2O/c1-12(2)9-19-10-13-6-7-18-11-16(13)20-15-5-3-4-14(17)8-15/h3-8,11-12,19H,9-10H2,1-2H3. The fourth-order valence-corrected chi connectivity index (χ4v) is 2.31. The summed E-state index contributed by atoms with van der Waals surface area (Å²) in [6, 6.07) is 10.0. The molecule has 2 rings (SSSR count). The van der Waals surface area contributed by atoms with Crippen molar-refractivity contribution in [1.29, 1.82) is 0 Å². The second-order valence-electron chi connectivity index (χ2n) is 5.07. The van der Waals surface area contributed by atoms with E-state index in [4.69, 9.17) is 4.74 Å². The molecule has 1 heterocycles. The van der Waals surface area contributed by atoms with E-state index in [9.17, 15) is 0 Å². The Balaban J connectivity index is 2.07. The molecule has 0 aliphatic rings. The number of halogens is 1. The summed E-state index contributed by atoms with van der Waals surface area (Å²) < 4.78 is 7.10. The highest BCUT2D eigenvalue weighted by atomic mass is 127. The van der Waals surface area contributed by atoms with Crippen LogP contribution >= 0.6 is 22.6 Å². The van der Waals surface area contributed by atoms with Gasteiger partial charge in [-0.2, -0.15) is 0 Å². The number of nitrogens with one attached hydrogen (secondary N) is 1. The molecule has 0 saturated carbocycles. The van der Waals surface area contributed by atoms with E-state index in [1.807, 2.05) is 30.3 Å². The highest BCUT2D eigenvalue weighted by Crippen LogP contribution is 2.25. The van der Waals surface area contributed by atoms with E-state index in [2.05, 4.69) is 46.7 Å². The zero-order chi connectivity index (χ0) is 14.4. The first-order valence-corrected chi connectivity index (χ1v) is 7.80. The molecule has 0 spiro atoms. The maximum Gasteiger partial charge on any atom is 0.150 e. The summed E-state index contributed by atoms with van der Waals surface area (Å²) in [4.78, 5) is 4.15. The van der Waals surface area contributed by atoms with Crippen molar-refractivity contribution in [2.45, 2.75) is 20.4 Å². The molecule has 0 atom stereocenters. The SMILES string of the molecule is CC(C)CNCc1ccncc1Oc1cccc(I)c1. The van der Waals surface area contributed by atoms with Gasteiger partial charge in [0.05, 0.1) is 6.20 Å². The van der Waals surface area contributed by atoms with Crippen molar-refractivity contribution in [2.75, 3.05) is 6.54 Å². The predicted octanol–water partition coefficient (Wildman–Crippen LogP) is 4.22. The number of hydrogen-bond acceptors (Lipinski definition) is 3. The number of ether oxygens (including phenoxy) is 1. The van der Waals surface area contributed by atoms with Gasteiger partial charge in [-0.3, -0.25) is 4.98 Å². The largest absolute Gasteiger partial charge is 0.455 e. The Kier molecular flexibility index (Phi) is 5.79. The minimum Gasteiger partial charge on any atom is -0.455 e. The van der Waals surface area contributed by atoms with Crippen molar-refractivity contribution in [3.63, 3.8) is 0 Å². The van der Waals surface area contributed by atoms with Gasteiger partial charge in [-0.15, -0.1) is 0 Å². The minimum absolute atomic E-state index is 0.636. The molecule has 0 fully saturated rings. The van der Waals surface area contributed by atoms with Gasteiger partial charge in [0.2, 0.25) is 0 Å². The number of rotatable bonds is 6. The van der Waals surface area contributed by atoms with Crippen molar-refractivity contribution in [3.05, 3.63) is 51.9 Å². The lowest BCUT2D eigenvalue weighted by molar-refractivity contribution is 0.466. The summed E-state index contributed by atoms with van der Waals surface area (Å²) in [7, 11) is 0. The van der Waals surface area contributed by atoms with E-state index >= 15 is 0 Å². The molecule has 4 heteroatoms. The number of hydrogen-bond donors (Lipinski definition) is 1. The van der Waals surface area contributed by atoms with Gasteiger partial charge in [-0.05, 0) is 59.3 Å². The molecular weight excluding hydrogens is 363 g/mol. The number of aromatic nitrogens is 1. The van der Waals surface area contributed by atoms with Crippen LogP contribution in [-0.2, 0) is 6.54 Å². The Bertz CT molecular complexity index is 558. The lowest BCUT2D eigenvalue weighted by atomic mass is 10.2. The Morgan fingerprint density at radius 3 is 2.90 bits per heavy atom. The quantitative estimate of drug-likeness (QED) is 0.760. The summed E-state index contributed by atoms with van der Waals surface area (Å²) in [5.41, 5.74) is 1.12. The van der Waals surface area contributed by atoms with E-state index in [1.165, 1.54) is 0 Å². The van der Waals surface area contributed by atoms with Gasteiger partial charge in [-0.25, -0.2) is 0 Å². The van der Waals surface area contributed by atoms with Gasteiger partial charge >= 0.3 is 0 Å². The van der Waals surface area contributed by atoms with Crippen LogP contribution < -0.4 is 10.1 Å². The molecular formula is C16H19IN2O. The van der Waals surface area contributed by atoms with Crippen LogP contribution in [0.5, 0.6) is 11.5 Å². The molecule has 2 aromatic rings. The van der Waals surface area contributed by atoms with Crippen LogP contribution in [0.2, 0.25) is 0 Å². The van der Waals surface area contributed by atoms with Crippen LogP contribution in [0.3, 0.4) is 0 Å².